The Kier molecular flexibility index (Phi) is 5.02. The molecule has 0 bridgehead atoms. The van der Waals surface area contributed by atoms with E-state index < -0.39 is 6.43 Å². The summed E-state index contributed by atoms with van der Waals surface area (Å²) in [6.07, 6.45) is -2.52. The molecule has 0 saturated heterocycles. The molecular weight excluding hydrogens is 232 g/mol. The number of halogens is 2. The van der Waals surface area contributed by atoms with Gasteiger partial charge in [0.05, 0.1) is 0 Å². The van der Waals surface area contributed by atoms with Crippen molar-refractivity contribution < 1.29 is 13.9 Å². The summed E-state index contributed by atoms with van der Waals surface area (Å²) in [5, 5.41) is 8.85. The molecule has 1 aromatic rings. The highest BCUT2D eigenvalue weighted by Crippen LogP contribution is 2.32. The molecule has 0 aliphatic rings. The zero-order chi connectivity index (χ0) is 12.1. The Morgan fingerprint density at radius 1 is 1.44 bits per heavy atom. The Labute approximate surface area is 97.8 Å². The van der Waals surface area contributed by atoms with Gasteiger partial charge in [-0.3, -0.25) is 0 Å². The predicted molar refractivity (Wildman–Crippen MR) is 62.8 cm³/mol. The second-order valence-electron chi connectivity index (χ2n) is 3.70. The van der Waals surface area contributed by atoms with Gasteiger partial charge in [0.2, 0.25) is 0 Å². The van der Waals surface area contributed by atoms with E-state index in [0.29, 0.717) is 16.3 Å². The highest BCUT2D eigenvalue weighted by atomic mass is 32.2. The highest BCUT2D eigenvalue weighted by molar-refractivity contribution is 7.99. The van der Waals surface area contributed by atoms with Crippen LogP contribution in [-0.2, 0) is 0 Å². The number of nitrogen functional groups attached to an aromatic ring is 1. The van der Waals surface area contributed by atoms with Gasteiger partial charge in [0.15, 0.2) is 0 Å². The smallest absolute Gasteiger partial charge is 0.265 e. The maximum atomic E-state index is 12.7. The van der Waals surface area contributed by atoms with Crippen molar-refractivity contribution in [2.75, 3.05) is 18.1 Å². The fraction of sp³-hybridized carbons (Fsp3) is 0.455. The molecule has 1 aromatic carbocycles. The lowest BCUT2D eigenvalue weighted by atomic mass is 10.2. The van der Waals surface area contributed by atoms with Crippen LogP contribution in [0.3, 0.4) is 0 Å². The molecule has 0 amide bonds. The number of anilines is 1. The Morgan fingerprint density at radius 3 is 2.69 bits per heavy atom. The van der Waals surface area contributed by atoms with Crippen LogP contribution in [-0.4, -0.2) is 17.5 Å². The van der Waals surface area contributed by atoms with Gasteiger partial charge in [-0.2, -0.15) is 0 Å². The van der Waals surface area contributed by atoms with E-state index in [1.54, 1.807) is 12.1 Å². The Hall–Kier alpha value is -0.810. The predicted octanol–water partition coefficient (Wildman–Crippen LogP) is 2.93. The van der Waals surface area contributed by atoms with Crippen molar-refractivity contribution in [1.29, 1.82) is 0 Å². The minimum absolute atomic E-state index is 0.0323. The first-order chi connectivity index (χ1) is 7.54. The molecule has 1 atom stereocenters. The fourth-order valence-electron chi connectivity index (χ4n) is 1.15. The Balaban J connectivity index is 2.78. The largest absolute Gasteiger partial charge is 0.399 e. The average Bonchev–Trinajstić information content (AvgIpc) is 2.26. The summed E-state index contributed by atoms with van der Waals surface area (Å²) in [6, 6.07) is 4.51. The van der Waals surface area contributed by atoms with Crippen LogP contribution in [0.25, 0.3) is 0 Å². The van der Waals surface area contributed by atoms with Gasteiger partial charge in [0.25, 0.3) is 6.43 Å². The molecule has 2 nitrogen and oxygen atoms in total. The molecule has 0 aliphatic carbocycles. The second-order valence-corrected chi connectivity index (χ2v) is 4.76. The third kappa shape index (κ3) is 3.64. The van der Waals surface area contributed by atoms with E-state index in [9.17, 15) is 8.78 Å². The molecule has 0 saturated carbocycles. The van der Waals surface area contributed by atoms with Crippen molar-refractivity contribution >= 4 is 17.4 Å². The van der Waals surface area contributed by atoms with Crippen molar-refractivity contribution in [2.45, 2.75) is 18.2 Å². The van der Waals surface area contributed by atoms with Crippen LogP contribution < -0.4 is 5.73 Å². The first-order valence-electron chi connectivity index (χ1n) is 4.95. The SMILES string of the molecule is CC(CO)CSc1ccc(N)cc1C(F)F. The number of rotatable bonds is 5. The van der Waals surface area contributed by atoms with Crippen molar-refractivity contribution in [3.8, 4) is 0 Å². The van der Waals surface area contributed by atoms with Crippen LogP contribution in [0, 0.1) is 5.92 Å². The lowest BCUT2D eigenvalue weighted by Crippen LogP contribution is -2.04. The summed E-state index contributed by atoms with van der Waals surface area (Å²) in [5.74, 6) is 0.702. The zero-order valence-corrected chi connectivity index (χ0v) is 9.81. The number of aliphatic hydroxyl groups excluding tert-OH is 1. The quantitative estimate of drug-likeness (QED) is 0.621. The molecule has 3 N–H and O–H groups in total. The molecule has 1 rings (SSSR count). The number of aliphatic hydroxyl groups is 1. The molecule has 5 heteroatoms. The number of thioether (sulfide) groups is 1. The summed E-state index contributed by atoms with van der Waals surface area (Å²) >= 11 is 1.32. The monoisotopic (exact) mass is 247 g/mol. The van der Waals surface area contributed by atoms with E-state index >= 15 is 0 Å². The van der Waals surface area contributed by atoms with Crippen LogP contribution in [0.2, 0.25) is 0 Å². The fourth-order valence-corrected chi connectivity index (χ4v) is 2.20. The van der Waals surface area contributed by atoms with Gasteiger partial charge in [-0.05, 0) is 24.1 Å². The average molecular weight is 247 g/mol. The van der Waals surface area contributed by atoms with E-state index in [1.807, 2.05) is 6.92 Å². The van der Waals surface area contributed by atoms with Gasteiger partial charge in [-0.25, -0.2) is 8.78 Å². The number of benzene rings is 1. The van der Waals surface area contributed by atoms with Crippen molar-refractivity contribution in [3.63, 3.8) is 0 Å². The number of hydrogen-bond donors (Lipinski definition) is 2. The highest BCUT2D eigenvalue weighted by Gasteiger charge is 2.14. The van der Waals surface area contributed by atoms with Gasteiger partial charge in [-0.1, -0.05) is 6.92 Å². The number of nitrogens with two attached hydrogens (primary N) is 1. The van der Waals surface area contributed by atoms with Crippen molar-refractivity contribution in [2.24, 2.45) is 5.92 Å². The number of alkyl halides is 2. The van der Waals surface area contributed by atoms with E-state index in [2.05, 4.69) is 0 Å². The van der Waals surface area contributed by atoms with Crippen LogP contribution >= 0.6 is 11.8 Å². The zero-order valence-electron chi connectivity index (χ0n) is 8.99. The van der Waals surface area contributed by atoms with Gasteiger partial charge < -0.3 is 10.8 Å². The summed E-state index contributed by atoms with van der Waals surface area (Å²) in [4.78, 5) is 0.532. The summed E-state index contributed by atoms with van der Waals surface area (Å²) in [7, 11) is 0. The van der Waals surface area contributed by atoms with Crippen LogP contribution in [0.1, 0.15) is 18.9 Å². The standard InChI is InChI=1S/C11H15F2NOS/c1-7(5-15)6-16-10-3-2-8(14)4-9(10)11(12)13/h2-4,7,11,15H,5-6,14H2,1H3. The molecule has 0 spiro atoms. The molecule has 0 heterocycles. The third-order valence-electron chi connectivity index (χ3n) is 2.10. The Bertz CT molecular complexity index is 347. The molecular formula is C11H15F2NOS. The second kappa shape index (κ2) is 6.06. The lowest BCUT2D eigenvalue weighted by Gasteiger charge is -2.11. The van der Waals surface area contributed by atoms with Gasteiger partial charge in [-0.15, -0.1) is 11.8 Å². The lowest BCUT2D eigenvalue weighted by molar-refractivity contribution is 0.148. The van der Waals surface area contributed by atoms with Crippen LogP contribution in [0.4, 0.5) is 14.5 Å². The Morgan fingerprint density at radius 2 is 2.12 bits per heavy atom. The first-order valence-corrected chi connectivity index (χ1v) is 5.94. The van der Waals surface area contributed by atoms with Crippen molar-refractivity contribution in [3.05, 3.63) is 23.8 Å². The van der Waals surface area contributed by atoms with E-state index in [1.165, 1.54) is 17.8 Å². The summed E-state index contributed by atoms with van der Waals surface area (Å²) in [6.45, 7) is 1.93. The normalized spacial score (nSPS) is 13.1. The molecule has 0 radical (unpaired) electrons. The van der Waals surface area contributed by atoms with E-state index in [0.717, 1.165) is 0 Å². The maximum Gasteiger partial charge on any atom is 0.265 e. The molecule has 0 aromatic heterocycles. The third-order valence-corrected chi connectivity index (χ3v) is 3.52. The first kappa shape index (κ1) is 13.3. The molecule has 1 unspecified atom stereocenters. The molecule has 0 fully saturated rings. The summed E-state index contributed by atoms with van der Waals surface area (Å²) < 4.78 is 25.4. The van der Waals surface area contributed by atoms with Gasteiger partial charge in [0.1, 0.15) is 0 Å². The van der Waals surface area contributed by atoms with Gasteiger partial charge >= 0.3 is 0 Å². The van der Waals surface area contributed by atoms with Crippen LogP contribution in [0.5, 0.6) is 0 Å². The van der Waals surface area contributed by atoms with Crippen LogP contribution in [0.15, 0.2) is 23.1 Å². The maximum absolute atomic E-state index is 12.7. The van der Waals surface area contributed by atoms with Crippen molar-refractivity contribution in [1.82, 2.24) is 0 Å². The van der Waals surface area contributed by atoms with E-state index in [-0.39, 0.29) is 18.1 Å². The topological polar surface area (TPSA) is 46.2 Å². The minimum atomic E-state index is -2.52. The van der Waals surface area contributed by atoms with E-state index in [4.69, 9.17) is 10.8 Å². The minimum Gasteiger partial charge on any atom is -0.399 e. The summed E-state index contributed by atoms with van der Waals surface area (Å²) in [5.41, 5.74) is 5.77. The molecule has 0 aliphatic heterocycles. The van der Waals surface area contributed by atoms with Gasteiger partial charge in [0, 0.05) is 28.5 Å². The number of hydrogen-bond acceptors (Lipinski definition) is 3. The molecule has 16 heavy (non-hydrogen) atoms. The molecule has 90 valence electrons.